The van der Waals surface area contributed by atoms with Crippen molar-refractivity contribution in [2.45, 2.75) is 18.9 Å². The fraction of sp³-hybridized carbons (Fsp3) is 0.278. The summed E-state index contributed by atoms with van der Waals surface area (Å²) in [4.78, 5) is 10.9. The van der Waals surface area contributed by atoms with Gasteiger partial charge in [-0.05, 0) is 48.3 Å². The van der Waals surface area contributed by atoms with Gasteiger partial charge < -0.3 is 30.0 Å². The fourth-order valence-electron chi connectivity index (χ4n) is 2.78. The standard InChI is InChI=1S/C18H20BNO6/c20-7-2-8-24-12-3-1-4-13(9-12)25-14-5-6-15-16(10-14)19(23)26-17(15)11-18(21)22/h1,3-6,9-10,17,23H,2,7-8,11,20H2,(H,21,22)/t17-/m1/s1. The molecule has 1 heterocycles. The van der Waals surface area contributed by atoms with Crippen molar-refractivity contribution in [3.8, 4) is 17.2 Å². The Morgan fingerprint density at radius 3 is 2.73 bits per heavy atom. The zero-order valence-corrected chi connectivity index (χ0v) is 14.1. The third-order valence-electron chi connectivity index (χ3n) is 3.98. The third-order valence-corrected chi connectivity index (χ3v) is 3.98. The second-order valence-corrected chi connectivity index (χ2v) is 5.93. The van der Waals surface area contributed by atoms with Crippen LogP contribution in [-0.4, -0.2) is 36.4 Å². The predicted octanol–water partition coefficient (Wildman–Crippen LogP) is 1.44. The van der Waals surface area contributed by atoms with Crippen LogP contribution < -0.4 is 20.7 Å². The van der Waals surface area contributed by atoms with Crippen molar-refractivity contribution in [3.05, 3.63) is 48.0 Å². The summed E-state index contributed by atoms with van der Waals surface area (Å²) in [5, 5.41) is 19.0. The zero-order chi connectivity index (χ0) is 18.5. The summed E-state index contributed by atoms with van der Waals surface area (Å²) in [5.41, 5.74) is 6.63. The molecule has 1 aliphatic heterocycles. The molecule has 1 atom stereocenters. The topological polar surface area (TPSA) is 111 Å². The maximum atomic E-state index is 10.9. The second-order valence-electron chi connectivity index (χ2n) is 5.93. The predicted molar refractivity (Wildman–Crippen MR) is 95.8 cm³/mol. The van der Waals surface area contributed by atoms with E-state index in [-0.39, 0.29) is 6.42 Å². The molecule has 0 saturated heterocycles. The largest absolute Gasteiger partial charge is 0.493 e. The van der Waals surface area contributed by atoms with E-state index < -0.39 is 19.2 Å². The first-order valence-electron chi connectivity index (χ1n) is 8.37. The summed E-state index contributed by atoms with van der Waals surface area (Å²) in [6.07, 6.45) is -0.0941. The molecule has 0 fully saturated rings. The molecule has 0 spiro atoms. The number of hydrogen-bond acceptors (Lipinski definition) is 6. The normalized spacial score (nSPS) is 15.6. The van der Waals surface area contributed by atoms with E-state index in [1.807, 2.05) is 12.1 Å². The molecular weight excluding hydrogens is 337 g/mol. The molecule has 0 aromatic heterocycles. The van der Waals surface area contributed by atoms with Gasteiger partial charge in [-0.3, -0.25) is 4.79 Å². The van der Waals surface area contributed by atoms with Gasteiger partial charge in [-0.1, -0.05) is 12.1 Å². The molecule has 8 heteroatoms. The van der Waals surface area contributed by atoms with Crippen LogP contribution in [0.15, 0.2) is 42.5 Å². The van der Waals surface area contributed by atoms with Crippen molar-refractivity contribution in [1.82, 2.24) is 0 Å². The maximum Gasteiger partial charge on any atom is 0.492 e. The van der Waals surface area contributed by atoms with Crippen molar-refractivity contribution < 1.29 is 29.1 Å². The Morgan fingerprint density at radius 2 is 1.96 bits per heavy atom. The lowest BCUT2D eigenvalue weighted by Gasteiger charge is -2.11. The number of ether oxygens (including phenoxy) is 2. The van der Waals surface area contributed by atoms with Gasteiger partial charge >= 0.3 is 13.1 Å². The Morgan fingerprint density at radius 1 is 1.19 bits per heavy atom. The number of aliphatic carboxylic acids is 1. The summed E-state index contributed by atoms with van der Waals surface area (Å²) < 4.78 is 16.7. The fourth-order valence-corrected chi connectivity index (χ4v) is 2.78. The van der Waals surface area contributed by atoms with Crippen LogP contribution >= 0.6 is 0 Å². The second kappa shape index (κ2) is 8.22. The van der Waals surface area contributed by atoms with Gasteiger partial charge in [0.25, 0.3) is 0 Å². The Bertz CT molecular complexity index is 784. The summed E-state index contributed by atoms with van der Waals surface area (Å²) in [5.74, 6) is 0.802. The number of rotatable bonds is 8. The molecule has 4 N–H and O–H groups in total. The minimum Gasteiger partial charge on any atom is -0.493 e. The van der Waals surface area contributed by atoms with Gasteiger partial charge in [-0.15, -0.1) is 0 Å². The Labute approximate surface area is 151 Å². The number of fused-ring (bicyclic) bond motifs is 1. The van der Waals surface area contributed by atoms with Crippen molar-refractivity contribution in [3.63, 3.8) is 0 Å². The molecule has 3 rings (SSSR count). The van der Waals surface area contributed by atoms with E-state index in [0.717, 1.165) is 6.42 Å². The van der Waals surface area contributed by atoms with Crippen LogP contribution in [0, 0.1) is 0 Å². The lowest BCUT2D eigenvalue weighted by molar-refractivity contribution is -0.138. The zero-order valence-electron chi connectivity index (χ0n) is 14.1. The molecule has 26 heavy (non-hydrogen) atoms. The SMILES string of the molecule is NCCCOc1cccc(Oc2ccc3c(c2)B(O)O[C@@H]3CC(=O)O)c1. The highest BCUT2D eigenvalue weighted by atomic mass is 16.5. The molecule has 1 aliphatic rings. The maximum absolute atomic E-state index is 10.9. The Balaban J connectivity index is 1.73. The molecule has 0 unspecified atom stereocenters. The molecule has 0 amide bonds. The molecule has 0 bridgehead atoms. The lowest BCUT2D eigenvalue weighted by Crippen LogP contribution is -2.28. The monoisotopic (exact) mass is 357 g/mol. The van der Waals surface area contributed by atoms with Gasteiger partial charge in [0.2, 0.25) is 0 Å². The molecule has 7 nitrogen and oxygen atoms in total. The van der Waals surface area contributed by atoms with Gasteiger partial charge in [0.1, 0.15) is 17.2 Å². The van der Waals surface area contributed by atoms with Crippen LogP contribution in [0.5, 0.6) is 17.2 Å². The van der Waals surface area contributed by atoms with Crippen molar-refractivity contribution in [1.29, 1.82) is 0 Å². The van der Waals surface area contributed by atoms with Crippen molar-refractivity contribution in [2.75, 3.05) is 13.2 Å². The highest BCUT2D eigenvalue weighted by Crippen LogP contribution is 2.31. The van der Waals surface area contributed by atoms with Crippen LogP contribution in [0.1, 0.15) is 24.5 Å². The highest BCUT2D eigenvalue weighted by Gasteiger charge is 2.36. The van der Waals surface area contributed by atoms with Gasteiger partial charge in [0, 0.05) is 6.07 Å². The van der Waals surface area contributed by atoms with Crippen molar-refractivity contribution in [2.24, 2.45) is 5.73 Å². The minimum atomic E-state index is -1.16. The first-order chi connectivity index (χ1) is 12.6. The lowest BCUT2D eigenvalue weighted by atomic mass is 9.79. The Kier molecular flexibility index (Phi) is 5.77. The van der Waals surface area contributed by atoms with Crippen LogP contribution in [-0.2, 0) is 9.45 Å². The van der Waals surface area contributed by atoms with E-state index in [1.165, 1.54) is 0 Å². The van der Waals surface area contributed by atoms with E-state index in [2.05, 4.69) is 0 Å². The summed E-state index contributed by atoms with van der Waals surface area (Å²) in [6.45, 7) is 1.10. The van der Waals surface area contributed by atoms with Crippen molar-refractivity contribution >= 4 is 18.6 Å². The number of nitrogens with two attached hydrogens (primary N) is 1. The Hall–Kier alpha value is -2.55. The first-order valence-corrected chi connectivity index (χ1v) is 8.37. The minimum absolute atomic E-state index is 0.202. The summed E-state index contributed by atoms with van der Waals surface area (Å²) in [7, 11) is -1.16. The first kappa shape index (κ1) is 18.3. The highest BCUT2D eigenvalue weighted by molar-refractivity contribution is 6.61. The quantitative estimate of drug-likeness (QED) is 0.484. The van der Waals surface area contributed by atoms with E-state index in [0.29, 0.717) is 41.4 Å². The van der Waals surface area contributed by atoms with E-state index in [9.17, 15) is 9.82 Å². The number of carbonyl (C=O) groups is 1. The van der Waals surface area contributed by atoms with Crippen LogP contribution in [0.4, 0.5) is 0 Å². The summed E-state index contributed by atoms with van der Waals surface area (Å²) in [6, 6.07) is 12.3. The summed E-state index contributed by atoms with van der Waals surface area (Å²) >= 11 is 0. The van der Waals surface area contributed by atoms with E-state index in [1.54, 1.807) is 30.3 Å². The van der Waals surface area contributed by atoms with Crippen LogP contribution in [0.3, 0.4) is 0 Å². The van der Waals surface area contributed by atoms with Gasteiger partial charge in [-0.2, -0.15) is 0 Å². The van der Waals surface area contributed by atoms with Gasteiger partial charge in [-0.25, -0.2) is 0 Å². The van der Waals surface area contributed by atoms with Crippen LogP contribution in [0.2, 0.25) is 0 Å². The number of carboxylic acids is 1. The van der Waals surface area contributed by atoms with Gasteiger partial charge in [0.05, 0.1) is 19.1 Å². The van der Waals surface area contributed by atoms with E-state index in [4.69, 9.17) is 25.0 Å². The average molecular weight is 357 g/mol. The number of carboxylic acid groups (broad SMARTS) is 1. The number of hydrogen-bond donors (Lipinski definition) is 3. The molecule has 0 aliphatic carbocycles. The average Bonchev–Trinajstić information content (AvgIpc) is 2.90. The molecule has 0 saturated carbocycles. The van der Waals surface area contributed by atoms with Crippen LogP contribution in [0.25, 0.3) is 0 Å². The molecule has 2 aromatic carbocycles. The van der Waals surface area contributed by atoms with Gasteiger partial charge in [0.15, 0.2) is 0 Å². The molecular formula is C18H20BNO6. The molecule has 0 radical (unpaired) electrons. The molecule has 136 valence electrons. The third kappa shape index (κ3) is 4.34. The molecule has 2 aromatic rings. The smallest absolute Gasteiger partial charge is 0.492 e. The number of benzene rings is 2. The van der Waals surface area contributed by atoms with E-state index >= 15 is 0 Å².